The van der Waals surface area contributed by atoms with Crippen molar-refractivity contribution in [2.45, 2.75) is 32.3 Å². The number of furan rings is 1. The molecule has 152 valence electrons. The Morgan fingerprint density at radius 3 is 2.60 bits per heavy atom. The number of carbonyl (C=O) groups is 3. The molecule has 30 heavy (non-hydrogen) atoms. The van der Waals surface area contributed by atoms with E-state index >= 15 is 0 Å². The summed E-state index contributed by atoms with van der Waals surface area (Å²) in [6.45, 7) is 1.55. The summed E-state index contributed by atoms with van der Waals surface area (Å²) < 4.78 is 10.5. The van der Waals surface area contributed by atoms with Gasteiger partial charge in [-0.05, 0) is 67.6 Å². The lowest BCUT2D eigenvalue weighted by Crippen LogP contribution is -2.25. The van der Waals surface area contributed by atoms with E-state index < -0.39 is 18.0 Å². The monoisotopic (exact) mass is 403 g/mol. The van der Waals surface area contributed by atoms with Gasteiger partial charge < -0.3 is 14.5 Å². The predicted molar refractivity (Wildman–Crippen MR) is 111 cm³/mol. The second kappa shape index (κ2) is 8.37. The van der Waals surface area contributed by atoms with Gasteiger partial charge in [0.1, 0.15) is 0 Å². The van der Waals surface area contributed by atoms with Gasteiger partial charge >= 0.3 is 5.97 Å². The van der Waals surface area contributed by atoms with Gasteiger partial charge in [-0.2, -0.15) is 0 Å². The number of fused-ring (bicyclic) bond motifs is 1. The van der Waals surface area contributed by atoms with E-state index in [9.17, 15) is 14.4 Å². The first-order valence-corrected chi connectivity index (χ1v) is 9.84. The summed E-state index contributed by atoms with van der Waals surface area (Å²) in [7, 11) is 0. The van der Waals surface area contributed by atoms with Gasteiger partial charge in [0, 0.05) is 5.56 Å². The van der Waals surface area contributed by atoms with Crippen LogP contribution in [0.2, 0.25) is 0 Å². The number of aryl methyl sites for hydroxylation is 2. The average Bonchev–Trinajstić information content (AvgIpc) is 3.44. The molecule has 0 spiro atoms. The maximum atomic E-state index is 12.8. The van der Waals surface area contributed by atoms with Gasteiger partial charge in [-0.3, -0.25) is 9.59 Å². The van der Waals surface area contributed by atoms with E-state index in [0.29, 0.717) is 5.56 Å². The quantitative estimate of drug-likeness (QED) is 0.485. The zero-order valence-electron chi connectivity index (χ0n) is 16.5. The molecule has 1 amide bonds. The van der Waals surface area contributed by atoms with Crippen LogP contribution in [0.4, 0.5) is 5.69 Å². The normalized spacial score (nSPS) is 13.4. The fourth-order valence-electron chi connectivity index (χ4n) is 3.60. The van der Waals surface area contributed by atoms with Crippen LogP contribution >= 0.6 is 0 Å². The van der Waals surface area contributed by atoms with Crippen LogP contribution in [0.15, 0.2) is 65.3 Å². The van der Waals surface area contributed by atoms with Crippen molar-refractivity contribution in [1.29, 1.82) is 0 Å². The fourth-order valence-corrected chi connectivity index (χ4v) is 3.60. The maximum Gasteiger partial charge on any atom is 0.340 e. The molecular weight excluding hydrogens is 382 g/mol. The number of amides is 1. The number of benzene rings is 2. The van der Waals surface area contributed by atoms with Gasteiger partial charge in [0.15, 0.2) is 11.9 Å². The van der Waals surface area contributed by atoms with Crippen LogP contribution in [0.5, 0.6) is 0 Å². The molecule has 0 radical (unpaired) electrons. The molecule has 0 fully saturated rings. The molecule has 6 heteroatoms. The summed E-state index contributed by atoms with van der Waals surface area (Å²) in [4.78, 5) is 37.7. The van der Waals surface area contributed by atoms with Crippen LogP contribution in [0.1, 0.15) is 55.7 Å². The zero-order chi connectivity index (χ0) is 21.1. The standard InChI is InChI=1S/C24H21NO5/c1-15(22(26)18-12-11-16-6-4-7-17(16)14-18)30-24(28)19-8-2-3-9-20(19)25-23(27)21-10-5-13-29-21/h2-3,5,8-15H,4,6-7H2,1H3,(H,25,27)/t15-/m0/s1. The first-order chi connectivity index (χ1) is 14.5. The lowest BCUT2D eigenvalue weighted by molar-refractivity contribution is 0.0320. The Labute approximate surface area is 173 Å². The fraction of sp³-hybridized carbons (Fsp3) is 0.208. The topological polar surface area (TPSA) is 85.6 Å². The van der Waals surface area contributed by atoms with E-state index in [1.54, 1.807) is 37.3 Å². The number of rotatable bonds is 6. The van der Waals surface area contributed by atoms with Crippen LogP contribution in [-0.4, -0.2) is 23.8 Å². The number of hydrogen-bond acceptors (Lipinski definition) is 5. The third-order valence-electron chi connectivity index (χ3n) is 5.18. The maximum absolute atomic E-state index is 12.8. The van der Waals surface area contributed by atoms with E-state index in [-0.39, 0.29) is 22.8 Å². The van der Waals surface area contributed by atoms with E-state index in [0.717, 1.165) is 19.3 Å². The Hall–Kier alpha value is -3.67. The highest BCUT2D eigenvalue weighted by molar-refractivity contribution is 6.07. The van der Waals surface area contributed by atoms with Gasteiger partial charge in [0.25, 0.3) is 5.91 Å². The highest BCUT2D eigenvalue weighted by atomic mass is 16.5. The van der Waals surface area contributed by atoms with Gasteiger partial charge in [0.2, 0.25) is 5.78 Å². The third-order valence-corrected chi connectivity index (χ3v) is 5.18. The highest BCUT2D eigenvalue weighted by Crippen LogP contribution is 2.24. The molecule has 1 heterocycles. The molecule has 2 aromatic carbocycles. The number of para-hydroxylation sites is 1. The highest BCUT2D eigenvalue weighted by Gasteiger charge is 2.24. The summed E-state index contributed by atoms with van der Waals surface area (Å²) >= 11 is 0. The minimum Gasteiger partial charge on any atom is -0.459 e. The van der Waals surface area contributed by atoms with Crippen molar-refractivity contribution >= 4 is 23.3 Å². The summed E-state index contributed by atoms with van der Waals surface area (Å²) in [6.07, 6.45) is 3.53. The molecule has 4 rings (SSSR count). The van der Waals surface area contributed by atoms with Crippen molar-refractivity contribution < 1.29 is 23.5 Å². The summed E-state index contributed by atoms with van der Waals surface area (Å²) in [6, 6.07) is 15.2. The summed E-state index contributed by atoms with van der Waals surface area (Å²) in [5.41, 5.74) is 3.44. The Morgan fingerprint density at radius 1 is 1.00 bits per heavy atom. The van der Waals surface area contributed by atoms with E-state index in [4.69, 9.17) is 9.15 Å². The van der Waals surface area contributed by atoms with Gasteiger partial charge in [-0.25, -0.2) is 4.79 Å². The molecule has 0 saturated heterocycles. The Balaban J connectivity index is 1.47. The minimum absolute atomic E-state index is 0.123. The van der Waals surface area contributed by atoms with Crippen molar-refractivity contribution in [3.8, 4) is 0 Å². The molecule has 1 aliphatic carbocycles. The zero-order valence-corrected chi connectivity index (χ0v) is 16.5. The van der Waals surface area contributed by atoms with Crippen LogP contribution < -0.4 is 5.32 Å². The Bertz CT molecular complexity index is 1100. The first kappa shape index (κ1) is 19.6. The molecule has 6 nitrogen and oxygen atoms in total. The minimum atomic E-state index is -0.953. The molecule has 1 aromatic heterocycles. The molecule has 0 saturated carbocycles. The van der Waals surface area contributed by atoms with Crippen LogP contribution in [0, 0.1) is 0 Å². The van der Waals surface area contributed by atoms with Crippen molar-refractivity contribution in [2.75, 3.05) is 5.32 Å². The second-order valence-electron chi connectivity index (χ2n) is 7.23. The van der Waals surface area contributed by atoms with Gasteiger partial charge in [-0.15, -0.1) is 0 Å². The average molecular weight is 403 g/mol. The number of carbonyl (C=O) groups excluding carboxylic acids is 3. The number of ether oxygens (including phenoxy) is 1. The van der Waals surface area contributed by atoms with Gasteiger partial charge in [0.05, 0.1) is 17.5 Å². The molecule has 3 aromatic rings. The second-order valence-corrected chi connectivity index (χ2v) is 7.23. The van der Waals surface area contributed by atoms with Crippen molar-refractivity contribution in [3.05, 3.63) is 88.9 Å². The number of anilines is 1. The lowest BCUT2D eigenvalue weighted by atomic mass is 10.0. The number of esters is 1. The predicted octanol–water partition coefficient (Wildman–Crippen LogP) is 4.45. The molecule has 1 N–H and O–H groups in total. The van der Waals surface area contributed by atoms with Crippen molar-refractivity contribution in [2.24, 2.45) is 0 Å². The van der Waals surface area contributed by atoms with E-state index in [2.05, 4.69) is 5.32 Å². The first-order valence-electron chi connectivity index (χ1n) is 9.84. The molecular formula is C24H21NO5. The third kappa shape index (κ3) is 4.03. The summed E-state index contributed by atoms with van der Waals surface area (Å²) in [5.74, 6) is -1.30. The number of nitrogens with one attached hydrogen (secondary N) is 1. The Kier molecular flexibility index (Phi) is 5.48. The van der Waals surface area contributed by atoms with Crippen molar-refractivity contribution in [3.63, 3.8) is 0 Å². The molecule has 0 unspecified atom stereocenters. The summed E-state index contributed by atoms with van der Waals surface area (Å²) in [5, 5.41) is 2.64. The van der Waals surface area contributed by atoms with E-state index in [1.807, 2.05) is 12.1 Å². The van der Waals surface area contributed by atoms with Gasteiger partial charge in [-0.1, -0.05) is 24.3 Å². The smallest absolute Gasteiger partial charge is 0.340 e. The number of Topliss-reactive ketones (excluding diaryl/α,β-unsaturated/α-hetero) is 1. The molecule has 1 aliphatic rings. The Morgan fingerprint density at radius 2 is 1.80 bits per heavy atom. The van der Waals surface area contributed by atoms with Crippen LogP contribution in [0.25, 0.3) is 0 Å². The van der Waals surface area contributed by atoms with Crippen LogP contribution in [0.3, 0.4) is 0 Å². The number of ketones is 1. The largest absolute Gasteiger partial charge is 0.459 e. The van der Waals surface area contributed by atoms with Crippen molar-refractivity contribution in [1.82, 2.24) is 0 Å². The van der Waals surface area contributed by atoms with Crippen LogP contribution in [-0.2, 0) is 17.6 Å². The molecule has 0 bridgehead atoms. The SMILES string of the molecule is C[C@H](OC(=O)c1ccccc1NC(=O)c1ccco1)C(=O)c1ccc2c(c1)CCC2. The molecule has 0 aliphatic heterocycles. The molecule has 1 atom stereocenters. The number of hydrogen-bond donors (Lipinski definition) is 1. The van der Waals surface area contributed by atoms with E-state index in [1.165, 1.54) is 29.5 Å². The lowest BCUT2D eigenvalue weighted by Gasteiger charge is -2.15.